The number of hydrogen-bond donors (Lipinski definition) is 0. The molecule has 0 saturated carbocycles. The molecule has 0 aliphatic heterocycles. The Balaban J connectivity index is 2.02. The number of rotatable bonds is 10. The normalized spacial score (nSPS) is 15.5. The molecule has 1 aliphatic rings. The monoisotopic (exact) mass is 410 g/mol. The molecule has 0 spiro atoms. The Labute approximate surface area is 178 Å². The van der Waals surface area contributed by atoms with E-state index in [0.29, 0.717) is 42.3 Å². The van der Waals surface area contributed by atoms with Gasteiger partial charge in [0, 0.05) is 30.8 Å². The van der Waals surface area contributed by atoms with Crippen molar-refractivity contribution >= 4 is 11.4 Å². The first kappa shape index (κ1) is 22.1. The standard InChI is InChI=1S/C25H30O5/c1-5-29-24(30-6-2)14-18-12-13-19(25(26)17-10-8-7-9-11-17)21-16-23(28-4)22(27-3)15-20(18)21/h7-11,13,15-16,18,24H,5-6,12,14H2,1-4H3. The molecule has 0 saturated heterocycles. The molecule has 0 N–H and O–H groups in total. The number of carbonyl (C=O) groups is 1. The van der Waals surface area contributed by atoms with Crippen molar-refractivity contribution in [3.05, 3.63) is 65.2 Å². The van der Waals surface area contributed by atoms with E-state index in [0.717, 1.165) is 17.5 Å². The van der Waals surface area contributed by atoms with Crippen molar-refractivity contribution < 1.29 is 23.7 Å². The fourth-order valence-corrected chi connectivity index (χ4v) is 3.93. The Kier molecular flexibility index (Phi) is 7.66. The van der Waals surface area contributed by atoms with E-state index in [1.807, 2.05) is 62.4 Å². The summed E-state index contributed by atoms with van der Waals surface area (Å²) in [6.07, 6.45) is 3.18. The predicted octanol–water partition coefficient (Wildman–Crippen LogP) is 5.25. The smallest absolute Gasteiger partial charge is 0.193 e. The molecule has 5 heteroatoms. The van der Waals surface area contributed by atoms with Gasteiger partial charge in [0.2, 0.25) is 0 Å². The largest absolute Gasteiger partial charge is 0.493 e. The molecule has 2 aromatic rings. The minimum Gasteiger partial charge on any atom is -0.493 e. The average molecular weight is 411 g/mol. The molecule has 30 heavy (non-hydrogen) atoms. The third-order valence-electron chi connectivity index (χ3n) is 5.35. The van der Waals surface area contributed by atoms with Crippen molar-refractivity contribution in [2.75, 3.05) is 27.4 Å². The lowest BCUT2D eigenvalue weighted by Crippen LogP contribution is -2.23. The lowest BCUT2D eigenvalue weighted by Gasteiger charge is -2.29. The van der Waals surface area contributed by atoms with Crippen molar-refractivity contribution in [2.24, 2.45) is 0 Å². The number of ketones is 1. The van der Waals surface area contributed by atoms with E-state index >= 15 is 0 Å². The van der Waals surface area contributed by atoms with Crippen LogP contribution in [0.3, 0.4) is 0 Å². The van der Waals surface area contributed by atoms with Crippen LogP contribution in [0.4, 0.5) is 0 Å². The van der Waals surface area contributed by atoms with Gasteiger partial charge in [-0.2, -0.15) is 0 Å². The summed E-state index contributed by atoms with van der Waals surface area (Å²) >= 11 is 0. The quantitative estimate of drug-likeness (QED) is 0.396. The van der Waals surface area contributed by atoms with E-state index in [-0.39, 0.29) is 18.0 Å². The van der Waals surface area contributed by atoms with E-state index in [1.54, 1.807) is 14.2 Å². The van der Waals surface area contributed by atoms with Crippen LogP contribution >= 0.6 is 0 Å². The summed E-state index contributed by atoms with van der Waals surface area (Å²) in [5, 5.41) is 0. The van der Waals surface area contributed by atoms with Gasteiger partial charge in [0.05, 0.1) is 14.2 Å². The van der Waals surface area contributed by atoms with Gasteiger partial charge in [-0.05, 0) is 49.4 Å². The third kappa shape index (κ3) is 4.74. The molecule has 0 fully saturated rings. The summed E-state index contributed by atoms with van der Waals surface area (Å²) < 4.78 is 22.6. The highest BCUT2D eigenvalue weighted by Crippen LogP contribution is 2.44. The van der Waals surface area contributed by atoms with Gasteiger partial charge in [-0.3, -0.25) is 4.79 Å². The highest BCUT2D eigenvalue weighted by atomic mass is 16.7. The first-order valence-electron chi connectivity index (χ1n) is 10.4. The minimum atomic E-state index is -0.286. The van der Waals surface area contributed by atoms with E-state index in [9.17, 15) is 4.79 Å². The second-order valence-electron chi connectivity index (χ2n) is 7.12. The van der Waals surface area contributed by atoms with Crippen molar-refractivity contribution in [1.29, 1.82) is 0 Å². The van der Waals surface area contributed by atoms with E-state index in [2.05, 4.69) is 0 Å². The number of allylic oxidation sites excluding steroid dienone is 2. The molecule has 0 aromatic heterocycles. The highest BCUT2D eigenvalue weighted by Gasteiger charge is 2.30. The maximum Gasteiger partial charge on any atom is 0.193 e. The third-order valence-corrected chi connectivity index (χ3v) is 5.35. The molecule has 0 amide bonds. The molecule has 5 nitrogen and oxygen atoms in total. The SMILES string of the molecule is CCOC(CC1CC=C(C(=O)c2ccccc2)c2cc(OC)c(OC)cc21)OCC. The van der Waals surface area contributed by atoms with E-state index in [4.69, 9.17) is 18.9 Å². The van der Waals surface area contributed by atoms with Crippen LogP contribution in [0.25, 0.3) is 5.57 Å². The van der Waals surface area contributed by atoms with Gasteiger partial charge in [0.15, 0.2) is 23.6 Å². The molecule has 0 radical (unpaired) electrons. The average Bonchev–Trinajstić information content (AvgIpc) is 2.78. The summed E-state index contributed by atoms with van der Waals surface area (Å²) in [6.45, 7) is 5.10. The molecule has 3 rings (SSSR count). The molecule has 1 unspecified atom stereocenters. The lowest BCUT2D eigenvalue weighted by molar-refractivity contribution is -0.142. The number of methoxy groups -OCH3 is 2. The van der Waals surface area contributed by atoms with Crippen LogP contribution in [0.2, 0.25) is 0 Å². The molecule has 0 heterocycles. The van der Waals surface area contributed by atoms with Gasteiger partial charge in [0.25, 0.3) is 0 Å². The van der Waals surface area contributed by atoms with E-state index < -0.39 is 0 Å². The summed E-state index contributed by atoms with van der Waals surface area (Å²) in [5.41, 5.74) is 3.30. The van der Waals surface area contributed by atoms with Gasteiger partial charge in [-0.1, -0.05) is 36.4 Å². The lowest BCUT2D eigenvalue weighted by atomic mass is 9.78. The van der Waals surface area contributed by atoms with Crippen molar-refractivity contribution in [2.45, 2.75) is 38.9 Å². The van der Waals surface area contributed by atoms with Crippen LogP contribution in [0.15, 0.2) is 48.5 Å². The zero-order chi connectivity index (χ0) is 21.5. The van der Waals surface area contributed by atoms with Crippen LogP contribution in [-0.4, -0.2) is 39.5 Å². The Morgan fingerprint density at radius 1 is 1.00 bits per heavy atom. The number of benzene rings is 2. The van der Waals surface area contributed by atoms with Crippen LogP contribution in [0.1, 0.15) is 54.1 Å². The zero-order valence-electron chi connectivity index (χ0n) is 18.1. The fraction of sp³-hybridized carbons (Fsp3) is 0.400. The Morgan fingerprint density at radius 2 is 1.63 bits per heavy atom. The van der Waals surface area contributed by atoms with Crippen LogP contribution in [-0.2, 0) is 9.47 Å². The molecular formula is C25H30O5. The number of carbonyl (C=O) groups excluding carboxylic acids is 1. The van der Waals surface area contributed by atoms with Crippen molar-refractivity contribution in [3.8, 4) is 11.5 Å². The zero-order valence-corrected chi connectivity index (χ0v) is 18.1. The minimum absolute atomic E-state index is 0.00804. The summed E-state index contributed by atoms with van der Waals surface area (Å²) in [6, 6.07) is 13.2. The Hall–Kier alpha value is -2.63. The molecular weight excluding hydrogens is 380 g/mol. The second-order valence-corrected chi connectivity index (χ2v) is 7.12. The maximum absolute atomic E-state index is 13.3. The van der Waals surface area contributed by atoms with Gasteiger partial charge in [-0.15, -0.1) is 0 Å². The molecule has 1 aliphatic carbocycles. The molecule has 1 atom stereocenters. The van der Waals surface area contributed by atoms with Crippen LogP contribution < -0.4 is 9.47 Å². The highest BCUT2D eigenvalue weighted by molar-refractivity contribution is 6.29. The van der Waals surface area contributed by atoms with Crippen LogP contribution in [0, 0.1) is 0 Å². The number of Topliss-reactive ketones (excluding diaryl/α,β-unsaturated/α-hetero) is 1. The maximum atomic E-state index is 13.3. The van der Waals surface area contributed by atoms with E-state index in [1.165, 1.54) is 0 Å². The number of hydrogen-bond acceptors (Lipinski definition) is 5. The fourth-order valence-electron chi connectivity index (χ4n) is 3.93. The summed E-state index contributed by atoms with van der Waals surface area (Å²) in [4.78, 5) is 13.3. The summed E-state index contributed by atoms with van der Waals surface area (Å²) in [7, 11) is 3.23. The second kappa shape index (κ2) is 10.4. The molecule has 160 valence electrons. The van der Waals surface area contributed by atoms with Gasteiger partial charge < -0.3 is 18.9 Å². The molecule has 0 bridgehead atoms. The molecule has 2 aromatic carbocycles. The van der Waals surface area contributed by atoms with Gasteiger partial charge in [0.1, 0.15) is 0 Å². The Morgan fingerprint density at radius 3 is 2.23 bits per heavy atom. The van der Waals surface area contributed by atoms with Crippen molar-refractivity contribution in [3.63, 3.8) is 0 Å². The Bertz CT molecular complexity index is 882. The van der Waals surface area contributed by atoms with Crippen LogP contribution in [0.5, 0.6) is 11.5 Å². The van der Waals surface area contributed by atoms with Gasteiger partial charge >= 0.3 is 0 Å². The van der Waals surface area contributed by atoms with Crippen molar-refractivity contribution in [1.82, 2.24) is 0 Å². The number of fused-ring (bicyclic) bond motifs is 1. The topological polar surface area (TPSA) is 54.0 Å². The first-order valence-corrected chi connectivity index (χ1v) is 10.4. The summed E-state index contributed by atoms with van der Waals surface area (Å²) in [5.74, 6) is 1.41. The number of ether oxygens (including phenoxy) is 4. The van der Waals surface area contributed by atoms with Gasteiger partial charge in [-0.25, -0.2) is 0 Å². The first-order chi connectivity index (χ1) is 14.6. The predicted molar refractivity (Wildman–Crippen MR) is 117 cm³/mol.